The summed E-state index contributed by atoms with van der Waals surface area (Å²) in [4.78, 5) is 3.03. The molecule has 2 N–H and O–H groups in total. The van der Waals surface area contributed by atoms with Gasteiger partial charge >= 0.3 is 0 Å². The lowest BCUT2D eigenvalue weighted by Gasteiger charge is -2.18. The van der Waals surface area contributed by atoms with Crippen LogP contribution in [0.4, 0.5) is 0 Å². The Morgan fingerprint density at radius 2 is 2.08 bits per heavy atom. The van der Waals surface area contributed by atoms with Gasteiger partial charge in [0.2, 0.25) is 0 Å². The second-order valence-electron chi connectivity index (χ2n) is 3.69. The van der Waals surface area contributed by atoms with Crippen molar-refractivity contribution in [3.63, 3.8) is 0 Å². The SMILES string of the molecule is Cc1sc2c(c1C)CCC(N)C2.Cl. The Hall–Kier alpha value is -0.0500. The topological polar surface area (TPSA) is 26.0 Å². The van der Waals surface area contributed by atoms with E-state index in [1.54, 1.807) is 10.4 Å². The smallest absolute Gasteiger partial charge is 0.00982 e. The molecule has 74 valence electrons. The molecule has 1 unspecified atom stereocenters. The van der Waals surface area contributed by atoms with Crippen LogP contribution in [-0.2, 0) is 12.8 Å². The van der Waals surface area contributed by atoms with E-state index in [9.17, 15) is 0 Å². The van der Waals surface area contributed by atoms with Crippen molar-refractivity contribution >= 4 is 23.7 Å². The molecule has 13 heavy (non-hydrogen) atoms. The Balaban J connectivity index is 0.000000845. The molecule has 1 atom stereocenters. The zero-order valence-electron chi connectivity index (χ0n) is 8.09. The molecule has 0 fully saturated rings. The molecule has 0 radical (unpaired) electrons. The molecule has 0 amide bonds. The van der Waals surface area contributed by atoms with E-state index in [2.05, 4.69) is 13.8 Å². The van der Waals surface area contributed by atoms with Gasteiger partial charge in [-0.2, -0.15) is 0 Å². The van der Waals surface area contributed by atoms with Crippen molar-refractivity contribution in [2.24, 2.45) is 5.73 Å². The first kappa shape index (κ1) is 11.0. The van der Waals surface area contributed by atoms with Crippen LogP contribution in [-0.4, -0.2) is 6.04 Å². The highest BCUT2D eigenvalue weighted by Crippen LogP contribution is 2.32. The molecule has 0 aliphatic heterocycles. The first-order valence-electron chi connectivity index (χ1n) is 4.52. The van der Waals surface area contributed by atoms with Crippen molar-refractivity contribution in [1.82, 2.24) is 0 Å². The lowest BCUT2D eigenvalue weighted by Crippen LogP contribution is -2.26. The largest absolute Gasteiger partial charge is 0.327 e. The Bertz CT molecular complexity index is 306. The Morgan fingerprint density at radius 3 is 2.77 bits per heavy atom. The minimum Gasteiger partial charge on any atom is -0.327 e. The van der Waals surface area contributed by atoms with E-state index in [0.717, 1.165) is 6.42 Å². The van der Waals surface area contributed by atoms with Crippen molar-refractivity contribution in [3.05, 3.63) is 20.9 Å². The third kappa shape index (κ3) is 1.90. The highest BCUT2D eigenvalue weighted by atomic mass is 35.5. The number of halogens is 1. The second kappa shape index (κ2) is 3.99. The summed E-state index contributed by atoms with van der Waals surface area (Å²) in [7, 11) is 0. The van der Waals surface area contributed by atoms with Crippen LogP contribution in [0.5, 0.6) is 0 Å². The number of rotatable bonds is 0. The van der Waals surface area contributed by atoms with Gasteiger partial charge in [0.1, 0.15) is 0 Å². The maximum Gasteiger partial charge on any atom is 0.00982 e. The van der Waals surface area contributed by atoms with Crippen LogP contribution in [0.1, 0.15) is 27.3 Å². The van der Waals surface area contributed by atoms with Gasteiger partial charge in [-0.3, -0.25) is 0 Å². The predicted octanol–water partition coefficient (Wildman–Crippen LogP) is 2.60. The van der Waals surface area contributed by atoms with Gasteiger partial charge in [0.25, 0.3) is 0 Å². The third-order valence-electron chi connectivity index (χ3n) is 2.81. The van der Waals surface area contributed by atoms with Gasteiger partial charge < -0.3 is 5.73 Å². The molecule has 1 aliphatic rings. The predicted molar refractivity (Wildman–Crippen MR) is 61.0 cm³/mol. The quantitative estimate of drug-likeness (QED) is 0.711. The summed E-state index contributed by atoms with van der Waals surface area (Å²) < 4.78 is 0. The van der Waals surface area contributed by atoms with E-state index in [0.29, 0.717) is 6.04 Å². The minimum atomic E-state index is 0. The van der Waals surface area contributed by atoms with Crippen LogP contribution < -0.4 is 5.73 Å². The van der Waals surface area contributed by atoms with E-state index in [-0.39, 0.29) is 12.4 Å². The van der Waals surface area contributed by atoms with Gasteiger partial charge in [-0.1, -0.05) is 0 Å². The number of nitrogens with two attached hydrogens (primary N) is 1. The number of aryl methyl sites for hydroxylation is 1. The highest BCUT2D eigenvalue weighted by Gasteiger charge is 2.19. The summed E-state index contributed by atoms with van der Waals surface area (Å²) in [6.45, 7) is 4.45. The lowest BCUT2D eigenvalue weighted by atomic mass is 9.92. The van der Waals surface area contributed by atoms with E-state index in [1.807, 2.05) is 11.3 Å². The van der Waals surface area contributed by atoms with E-state index >= 15 is 0 Å². The number of thiophene rings is 1. The van der Waals surface area contributed by atoms with Crippen molar-refractivity contribution in [2.75, 3.05) is 0 Å². The third-order valence-corrected chi connectivity index (χ3v) is 4.08. The molecular formula is C10H16ClNS. The molecule has 1 aromatic heterocycles. The van der Waals surface area contributed by atoms with Crippen LogP contribution in [0.15, 0.2) is 0 Å². The minimum absolute atomic E-state index is 0. The van der Waals surface area contributed by atoms with Gasteiger partial charge in [0, 0.05) is 15.8 Å². The van der Waals surface area contributed by atoms with Gasteiger partial charge in [0.15, 0.2) is 0 Å². The van der Waals surface area contributed by atoms with Crippen LogP contribution in [0.2, 0.25) is 0 Å². The van der Waals surface area contributed by atoms with Gasteiger partial charge in [-0.25, -0.2) is 0 Å². The first-order valence-corrected chi connectivity index (χ1v) is 5.33. The van der Waals surface area contributed by atoms with Crippen molar-refractivity contribution in [1.29, 1.82) is 0 Å². The molecule has 3 heteroatoms. The average molecular weight is 218 g/mol. The van der Waals surface area contributed by atoms with Crippen LogP contribution in [0.25, 0.3) is 0 Å². The van der Waals surface area contributed by atoms with E-state index in [1.165, 1.54) is 23.3 Å². The summed E-state index contributed by atoms with van der Waals surface area (Å²) in [5, 5.41) is 0. The Labute approximate surface area is 89.7 Å². The maximum absolute atomic E-state index is 5.92. The number of hydrogen-bond acceptors (Lipinski definition) is 2. The fraction of sp³-hybridized carbons (Fsp3) is 0.600. The molecule has 0 saturated carbocycles. The zero-order valence-corrected chi connectivity index (χ0v) is 9.73. The monoisotopic (exact) mass is 217 g/mol. The molecule has 0 aromatic carbocycles. The standard InChI is InChI=1S/C10H15NS.ClH/c1-6-7(2)12-10-5-8(11)3-4-9(6)10;/h8H,3-5,11H2,1-2H3;1H. The molecule has 0 spiro atoms. The fourth-order valence-electron chi connectivity index (χ4n) is 1.91. The summed E-state index contributed by atoms with van der Waals surface area (Å²) in [5.41, 5.74) is 9.03. The summed E-state index contributed by atoms with van der Waals surface area (Å²) in [6, 6.07) is 0.412. The Morgan fingerprint density at radius 1 is 1.38 bits per heavy atom. The summed E-state index contributed by atoms with van der Waals surface area (Å²) in [5.74, 6) is 0. The first-order chi connectivity index (χ1) is 5.68. The van der Waals surface area contributed by atoms with E-state index in [4.69, 9.17) is 5.73 Å². The molecule has 1 aliphatic carbocycles. The molecular weight excluding hydrogens is 202 g/mol. The molecule has 0 bridgehead atoms. The molecule has 1 heterocycles. The molecule has 2 rings (SSSR count). The summed E-state index contributed by atoms with van der Waals surface area (Å²) in [6.07, 6.45) is 3.48. The lowest BCUT2D eigenvalue weighted by molar-refractivity contribution is 0.582. The number of hydrogen-bond donors (Lipinski definition) is 1. The maximum atomic E-state index is 5.92. The van der Waals surface area contributed by atoms with Crippen LogP contribution >= 0.6 is 23.7 Å². The van der Waals surface area contributed by atoms with Crippen LogP contribution in [0, 0.1) is 13.8 Å². The Kier molecular flexibility index (Phi) is 3.38. The van der Waals surface area contributed by atoms with Crippen molar-refractivity contribution in [3.8, 4) is 0 Å². The second-order valence-corrected chi connectivity index (χ2v) is 5.00. The normalized spacial score (nSPS) is 20.7. The summed E-state index contributed by atoms with van der Waals surface area (Å²) >= 11 is 1.94. The molecule has 0 saturated heterocycles. The average Bonchev–Trinajstić information content (AvgIpc) is 2.28. The highest BCUT2D eigenvalue weighted by molar-refractivity contribution is 7.12. The van der Waals surface area contributed by atoms with Gasteiger partial charge in [-0.15, -0.1) is 23.7 Å². The fourth-order valence-corrected chi connectivity index (χ4v) is 3.23. The molecule has 1 nitrogen and oxygen atoms in total. The van der Waals surface area contributed by atoms with Gasteiger partial charge in [-0.05, 0) is 44.2 Å². The van der Waals surface area contributed by atoms with E-state index < -0.39 is 0 Å². The van der Waals surface area contributed by atoms with Crippen molar-refractivity contribution in [2.45, 2.75) is 39.2 Å². The van der Waals surface area contributed by atoms with Crippen molar-refractivity contribution < 1.29 is 0 Å². The zero-order chi connectivity index (χ0) is 8.72. The number of fused-ring (bicyclic) bond motifs is 1. The van der Waals surface area contributed by atoms with Gasteiger partial charge in [0.05, 0.1) is 0 Å². The van der Waals surface area contributed by atoms with Crippen LogP contribution in [0.3, 0.4) is 0 Å². The molecule has 1 aromatic rings.